The molecule has 18 heavy (non-hydrogen) atoms. The van der Waals surface area contributed by atoms with Gasteiger partial charge in [0, 0.05) is 28.3 Å². The van der Waals surface area contributed by atoms with Gasteiger partial charge in [-0.05, 0) is 32.0 Å². The average molecular weight is 327 g/mol. The first kappa shape index (κ1) is 13.3. The molecule has 0 bridgehead atoms. The molecule has 1 aromatic heterocycles. The van der Waals surface area contributed by atoms with Crippen LogP contribution in [0.4, 0.5) is 5.82 Å². The van der Waals surface area contributed by atoms with E-state index in [1.165, 1.54) is 0 Å². The number of benzene rings is 1. The Kier molecular flexibility index (Phi) is 4.19. The van der Waals surface area contributed by atoms with E-state index in [4.69, 9.17) is 11.6 Å². The van der Waals surface area contributed by atoms with Crippen LogP contribution >= 0.6 is 27.5 Å². The zero-order valence-corrected chi connectivity index (χ0v) is 12.5. The van der Waals surface area contributed by atoms with Crippen LogP contribution in [0.25, 0.3) is 11.4 Å². The summed E-state index contributed by atoms with van der Waals surface area (Å²) in [6.07, 6.45) is 0. The Labute approximate surface area is 120 Å². The summed E-state index contributed by atoms with van der Waals surface area (Å²) in [6, 6.07) is 7.57. The third kappa shape index (κ3) is 3.00. The lowest BCUT2D eigenvalue weighted by Gasteiger charge is -2.08. The SMILES string of the molecule is CCNc1cc(C)nc(-c2cc(Br)ccc2Cl)n1. The molecule has 5 heteroatoms. The van der Waals surface area contributed by atoms with E-state index in [9.17, 15) is 0 Å². The number of rotatable bonds is 3. The second-order valence-electron chi connectivity index (χ2n) is 3.87. The number of hydrogen-bond donors (Lipinski definition) is 1. The van der Waals surface area contributed by atoms with Crippen LogP contribution in [0.3, 0.4) is 0 Å². The summed E-state index contributed by atoms with van der Waals surface area (Å²) in [5.74, 6) is 1.45. The van der Waals surface area contributed by atoms with Gasteiger partial charge in [0.25, 0.3) is 0 Å². The number of halogens is 2. The first-order valence-corrected chi connectivity index (χ1v) is 6.82. The highest BCUT2D eigenvalue weighted by atomic mass is 79.9. The van der Waals surface area contributed by atoms with Crippen LogP contribution in [0, 0.1) is 6.92 Å². The van der Waals surface area contributed by atoms with Crippen molar-refractivity contribution >= 4 is 33.3 Å². The maximum atomic E-state index is 6.19. The molecule has 0 fully saturated rings. The summed E-state index contributed by atoms with van der Waals surface area (Å²) >= 11 is 9.62. The number of aryl methyl sites for hydroxylation is 1. The third-order valence-electron chi connectivity index (χ3n) is 2.38. The van der Waals surface area contributed by atoms with Gasteiger partial charge in [-0.2, -0.15) is 0 Å². The number of anilines is 1. The van der Waals surface area contributed by atoms with E-state index in [1.807, 2.05) is 38.1 Å². The predicted molar refractivity (Wildman–Crippen MR) is 79.1 cm³/mol. The largest absolute Gasteiger partial charge is 0.370 e. The van der Waals surface area contributed by atoms with Crippen molar-refractivity contribution in [2.75, 3.05) is 11.9 Å². The van der Waals surface area contributed by atoms with Crippen molar-refractivity contribution in [3.63, 3.8) is 0 Å². The fourth-order valence-corrected chi connectivity index (χ4v) is 2.19. The molecule has 0 aliphatic carbocycles. The summed E-state index contributed by atoms with van der Waals surface area (Å²) < 4.78 is 0.956. The maximum Gasteiger partial charge on any atom is 0.163 e. The van der Waals surface area contributed by atoms with E-state index in [0.717, 1.165) is 28.1 Å². The molecule has 1 N–H and O–H groups in total. The first-order chi connectivity index (χ1) is 8.60. The maximum absolute atomic E-state index is 6.19. The van der Waals surface area contributed by atoms with Crippen LogP contribution in [0.5, 0.6) is 0 Å². The molecular formula is C13H13BrClN3. The molecule has 0 amide bonds. The van der Waals surface area contributed by atoms with Crippen LogP contribution in [-0.4, -0.2) is 16.5 Å². The highest BCUT2D eigenvalue weighted by Gasteiger charge is 2.09. The molecule has 0 saturated carbocycles. The van der Waals surface area contributed by atoms with Crippen molar-refractivity contribution in [1.82, 2.24) is 9.97 Å². The van der Waals surface area contributed by atoms with Gasteiger partial charge in [-0.1, -0.05) is 27.5 Å². The van der Waals surface area contributed by atoms with Gasteiger partial charge in [0.15, 0.2) is 5.82 Å². The molecular weight excluding hydrogens is 314 g/mol. The Morgan fingerprint density at radius 2 is 2.06 bits per heavy atom. The summed E-state index contributed by atoms with van der Waals surface area (Å²) in [5, 5.41) is 3.83. The highest BCUT2D eigenvalue weighted by molar-refractivity contribution is 9.10. The number of nitrogens with one attached hydrogen (secondary N) is 1. The molecule has 0 aliphatic rings. The van der Waals surface area contributed by atoms with E-state index in [0.29, 0.717) is 10.8 Å². The van der Waals surface area contributed by atoms with Crippen molar-refractivity contribution in [2.24, 2.45) is 0 Å². The molecule has 0 radical (unpaired) electrons. The minimum atomic E-state index is 0.636. The van der Waals surface area contributed by atoms with Gasteiger partial charge in [0.05, 0.1) is 5.02 Å². The Morgan fingerprint density at radius 3 is 2.78 bits per heavy atom. The summed E-state index contributed by atoms with van der Waals surface area (Å²) in [7, 11) is 0. The Bertz CT molecular complexity index is 572. The third-order valence-corrected chi connectivity index (χ3v) is 3.20. The molecule has 0 spiro atoms. The summed E-state index contributed by atoms with van der Waals surface area (Å²) in [6.45, 7) is 4.79. The van der Waals surface area contributed by atoms with E-state index in [-0.39, 0.29) is 0 Å². The summed E-state index contributed by atoms with van der Waals surface area (Å²) in [5.41, 5.74) is 1.74. The zero-order chi connectivity index (χ0) is 13.1. The predicted octanol–water partition coefficient (Wildman–Crippen LogP) is 4.30. The summed E-state index contributed by atoms with van der Waals surface area (Å²) in [4.78, 5) is 8.90. The molecule has 0 saturated heterocycles. The molecule has 0 unspecified atom stereocenters. The van der Waals surface area contributed by atoms with Crippen molar-refractivity contribution in [2.45, 2.75) is 13.8 Å². The van der Waals surface area contributed by atoms with Crippen LogP contribution in [-0.2, 0) is 0 Å². The molecule has 1 heterocycles. The molecule has 2 aromatic rings. The second kappa shape index (κ2) is 5.67. The molecule has 1 aromatic carbocycles. The quantitative estimate of drug-likeness (QED) is 0.914. The number of aromatic nitrogens is 2. The molecule has 94 valence electrons. The van der Waals surface area contributed by atoms with Gasteiger partial charge in [0.2, 0.25) is 0 Å². The fourth-order valence-electron chi connectivity index (χ4n) is 1.63. The first-order valence-electron chi connectivity index (χ1n) is 5.65. The van der Waals surface area contributed by atoms with Crippen molar-refractivity contribution in [3.8, 4) is 11.4 Å². The lowest BCUT2D eigenvalue weighted by atomic mass is 10.2. The zero-order valence-electron chi connectivity index (χ0n) is 10.2. The van der Waals surface area contributed by atoms with Gasteiger partial charge in [-0.15, -0.1) is 0 Å². The smallest absolute Gasteiger partial charge is 0.163 e. The minimum Gasteiger partial charge on any atom is -0.370 e. The number of nitrogens with zero attached hydrogens (tertiary/aromatic N) is 2. The fraction of sp³-hybridized carbons (Fsp3) is 0.231. The normalized spacial score (nSPS) is 10.4. The lowest BCUT2D eigenvalue weighted by Crippen LogP contribution is -2.02. The van der Waals surface area contributed by atoms with E-state index in [1.54, 1.807) is 0 Å². The highest BCUT2D eigenvalue weighted by Crippen LogP contribution is 2.29. The van der Waals surface area contributed by atoms with Gasteiger partial charge in [-0.3, -0.25) is 0 Å². The Hall–Kier alpha value is -1.13. The Morgan fingerprint density at radius 1 is 1.28 bits per heavy atom. The molecule has 2 rings (SSSR count). The molecule has 0 aliphatic heterocycles. The minimum absolute atomic E-state index is 0.636. The van der Waals surface area contributed by atoms with E-state index in [2.05, 4.69) is 31.2 Å². The molecule has 0 atom stereocenters. The van der Waals surface area contributed by atoms with E-state index >= 15 is 0 Å². The number of hydrogen-bond acceptors (Lipinski definition) is 3. The second-order valence-corrected chi connectivity index (χ2v) is 5.20. The van der Waals surface area contributed by atoms with Crippen molar-refractivity contribution in [1.29, 1.82) is 0 Å². The van der Waals surface area contributed by atoms with Crippen molar-refractivity contribution in [3.05, 3.63) is 39.5 Å². The van der Waals surface area contributed by atoms with E-state index < -0.39 is 0 Å². The Balaban J connectivity index is 2.52. The van der Waals surface area contributed by atoms with Crippen molar-refractivity contribution < 1.29 is 0 Å². The standard InChI is InChI=1S/C13H13BrClN3/c1-3-16-12-6-8(2)17-13(18-12)10-7-9(14)4-5-11(10)15/h4-7H,3H2,1-2H3,(H,16,17,18). The van der Waals surface area contributed by atoms with Gasteiger partial charge in [0.1, 0.15) is 5.82 Å². The van der Waals surface area contributed by atoms with Gasteiger partial charge >= 0.3 is 0 Å². The van der Waals surface area contributed by atoms with Crippen LogP contribution in [0.15, 0.2) is 28.7 Å². The topological polar surface area (TPSA) is 37.8 Å². The average Bonchev–Trinajstić information content (AvgIpc) is 2.32. The van der Waals surface area contributed by atoms with Gasteiger partial charge < -0.3 is 5.32 Å². The van der Waals surface area contributed by atoms with Crippen LogP contribution in [0.2, 0.25) is 5.02 Å². The van der Waals surface area contributed by atoms with Crippen LogP contribution in [0.1, 0.15) is 12.6 Å². The lowest BCUT2D eigenvalue weighted by molar-refractivity contribution is 1.08. The monoisotopic (exact) mass is 325 g/mol. The molecule has 3 nitrogen and oxygen atoms in total. The van der Waals surface area contributed by atoms with Gasteiger partial charge in [-0.25, -0.2) is 9.97 Å². The van der Waals surface area contributed by atoms with Crippen LogP contribution < -0.4 is 5.32 Å².